The smallest absolute Gasteiger partial charge is 0.238 e. The fourth-order valence-electron chi connectivity index (χ4n) is 3.57. The molecule has 1 aliphatic carbocycles. The van der Waals surface area contributed by atoms with Crippen molar-refractivity contribution in [3.05, 3.63) is 12.2 Å². The first-order valence-corrected chi connectivity index (χ1v) is 8.48. The van der Waals surface area contributed by atoms with E-state index in [1.54, 1.807) is 6.33 Å². The Balaban J connectivity index is 1.55. The van der Waals surface area contributed by atoms with Crippen molar-refractivity contribution < 1.29 is 4.79 Å². The highest BCUT2D eigenvalue weighted by Crippen LogP contribution is 2.27. The standard InChI is InChI=1S/C16H24N6O/c1-12(15(23)21-16(10-17)7-3-2-4-8-16)20-13-5-6-14-18-11-19-22(14)9-13/h11-13,20H,2-9H2,1H3,(H,21,23)/t12-,13+/m0/s1. The van der Waals surface area contributed by atoms with Crippen molar-refractivity contribution in [2.75, 3.05) is 0 Å². The minimum atomic E-state index is -0.670. The second kappa shape index (κ2) is 6.67. The van der Waals surface area contributed by atoms with Gasteiger partial charge in [-0.25, -0.2) is 9.67 Å². The molecule has 1 aromatic heterocycles. The molecule has 3 rings (SSSR count). The van der Waals surface area contributed by atoms with Crippen LogP contribution in [0.3, 0.4) is 0 Å². The van der Waals surface area contributed by atoms with Crippen molar-refractivity contribution in [1.29, 1.82) is 5.26 Å². The van der Waals surface area contributed by atoms with Crippen LogP contribution in [0.25, 0.3) is 0 Å². The Bertz CT molecular complexity index is 598. The predicted molar refractivity (Wildman–Crippen MR) is 84.3 cm³/mol. The molecule has 0 unspecified atom stereocenters. The number of amides is 1. The Labute approximate surface area is 136 Å². The molecule has 2 heterocycles. The number of nitrogens with zero attached hydrogens (tertiary/aromatic N) is 4. The molecule has 2 aliphatic rings. The van der Waals surface area contributed by atoms with Crippen LogP contribution in [0, 0.1) is 11.3 Å². The maximum Gasteiger partial charge on any atom is 0.238 e. The number of carbonyl (C=O) groups is 1. The Morgan fingerprint density at radius 3 is 3.00 bits per heavy atom. The monoisotopic (exact) mass is 316 g/mol. The molecule has 1 fully saturated rings. The highest BCUT2D eigenvalue weighted by molar-refractivity contribution is 5.82. The van der Waals surface area contributed by atoms with Crippen LogP contribution in [0.4, 0.5) is 0 Å². The van der Waals surface area contributed by atoms with Crippen LogP contribution in [0.1, 0.15) is 51.3 Å². The lowest BCUT2D eigenvalue weighted by Gasteiger charge is -2.33. The van der Waals surface area contributed by atoms with Gasteiger partial charge in [0.1, 0.15) is 17.7 Å². The number of nitrogens with one attached hydrogen (secondary N) is 2. The SMILES string of the molecule is C[C@H](N[C@@H]1CCc2ncnn2C1)C(=O)NC1(C#N)CCCCC1. The molecular formula is C16H24N6O. The van der Waals surface area contributed by atoms with Gasteiger partial charge in [-0.3, -0.25) is 4.79 Å². The first-order valence-electron chi connectivity index (χ1n) is 8.48. The molecule has 1 amide bonds. The summed E-state index contributed by atoms with van der Waals surface area (Å²) in [6.45, 7) is 2.59. The van der Waals surface area contributed by atoms with Crippen LogP contribution in [0.2, 0.25) is 0 Å². The average molecular weight is 316 g/mol. The number of carbonyl (C=O) groups excluding carboxylic acids is 1. The van der Waals surface area contributed by atoms with Gasteiger partial charge in [0, 0.05) is 12.5 Å². The Morgan fingerprint density at radius 1 is 1.48 bits per heavy atom. The highest BCUT2D eigenvalue weighted by Gasteiger charge is 2.35. The van der Waals surface area contributed by atoms with E-state index in [-0.39, 0.29) is 18.0 Å². The number of hydrogen-bond donors (Lipinski definition) is 2. The minimum absolute atomic E-state index is 0.0853. The molecular weight excluding hydrogens is 292 g/mol. The molecule has 1 aromatic rings. The van der Waals surface area contributed by atoms with Crippen molar-refractivity contribution in [3.8, 4) is 6.07 Å². The first-order chi connectivity index (χ1) is 11.1. The maximum absolute atomic E-state index is 12.5. The molecule has 1 saturated carbocycles. The quantitative estimate of drug-likeness (QED) is 0.861. The largest absolute Gasteiger partial charge is 0.336 e. The van der Waals surface area contributed by atoms with Crippen LogP contribution in [0.15, 0.2) is 6.33 Å². The Kier molecular flexibility index (Phi) is 4.62. The number of aromatic nitrogens is 3. The normalized spacial score (nSPS) is 24.3. The molecule has 7 nitrogen and oxygen atoms in total. The summed E-state index contributed by atoms with van der Waals surface area (Å²) in [7, 11) is 0. The molecule has 0 radical (unpaired) electrons. The van der Waals surface area contributed by atoms with Crippen molar-refractivity contribution >= 4 is 5.91 Å². The van der Waals surface area contributed by atoms with Crippen LogP contribution >= 0.6 is 0 Å². The summed E-state index contributed by atoms with van der Waals surface area (Å²) < 4.78 is 1.89. The van der Waals surface area contributed by atoms with E-state index in [2.05, 4.69) is 26.8 Å². The molecule has 124 valence electrons. The molecule has 7 heteroatoms. The fourth-order valence-corrected chi connectivity index (χ4v) is 3.57. The lowest BCUT2D eigenvalue weighted by atomic mass is 9.82. The second-order valence-corrected chi connectivity index (χ2v) is 6.73. The minimum Gasteiger partial charge on any atom is -0.336 e. The molecule has 0 saturated heterocycles. The third kappa shape index (κ3) is 3.53. The summed E-state index contributed by atoms with van der Waals surface area (Å²) in [6.07, 6.45) is 8.07. The van der Waals surface area contributed by atoms with E-state index >= 15 is 0 Å². The van der Waals surface area contributed by atoms with Gasteiger partial charge in [-0.15, -0.1) is 0 Å². The summed E-state index contributed by atoms with van der Waals surface area (Å²) in [5.41, 5.74) is -0.670. The summed E-state index contributed by atoms with van der Waals surface area (Å²) >= 11 is 0. The Hall–Kier alpha value is -1.94. The summed E-state index contributed by atoms with van der Waals surface area (Å²) in [4.78, 5) is 16.7. The van der Waals surface area contributed by atoms with Crippen molar-refractivity contribution in [3.63, 3.8) is 0 Å². The van der Waals surface area contributed by atoms with Crippen LogP contribution < -0.4 is 10.6 Å². The molecule has 0 spiro atoms. The lowest BCUT2D eigenvalue weighted by Crippen LogP contribution is -2.56. The van der Waals surface area contributed by atoms with Crippen molar-refractivity contribution in [1.82, 2.24) is 25.4 Å². The Morgan fingerprint density at radius 2 is 2.26 bits per heavy atom. The van der Waals surface area contributed by atoms with E-state index < -0.39 is 5.54 Å². The highest BCUT2D eigenvalue weighted by atomic mass is 16.2. The predicted octanol–water partition coefficient (Wildman–Crippen LogP) is 0.914. The molecule has 1 aliphatic heterocycles. The molecule has 0 bridgehead atoms. The molecule has 2 atom stereocenters. The van der Waals surface area contributed by atoms with E-state index in [1.807, 2.05) is 11.6 Å². The van der Waals surface area contributed by atoms with Gasteiger partial charge in [-0.05, 0) is 26.2 Å². The zero-order valence-electron chi connectivity index (χ0n) is 13.6. The van der Waals surface area contributed by atoms with Gasteiger partial charge < -0.3 is 10.6 Å². The van der Waals surface area contributed by atoms with Gasteiger partial charge in [0.25, 0.3) is 0 Å². The number of hydrogen-bond acceptors (Lipinski definition) is 5. The van der Waals surface area contributed by atoms with E-state index in [9.17, 15) is 10.1 Å². The zero-order valence-corrected chi connectivity index (χ0v) is 13.6. The van der Waals surface area contributed by atoms with Crippen LogP contribution in [0.5, 0.6) is 0 Å². The van der Waals surface area contributed by atoms with Gasteiger partial charge in [-0.1, -0.05) is 19.3 Å². The summed E-state index contributed by atoms with van der Waals surface area (Å²) in [5, 5.41) is 20.0. The topological polar surface area (TPSA) is 95.6 Å². The van der Waals surface area contributed by atoms with Gasteiger partial charge in [0.2, 0.25) is 5.91 Å². The molecule has 0 aromatic carbocycles. The van der Waals surface area contributed by atoms with Gasteiger partial charge in [0.05, 0.1) is 18.7 Å². The van der Waals surface area contributed by atoms with Gasteiger partial charge in [-0.2, -0.15) is 10.4 Å². The third-order valence-corrected chi connectivity index (χ3v) is 4.97. The summed E-state index contributed by atoms with van der Waals surface area (Å²) in [6, 6.07) is 2.22. The lowest BCUT2D eigenvalue weighted by molar-refractivity contribution is -0.124. The first kappa shape index (κ1) is 15.9. The number of fused-ring (bicyclic) bond motifs is 1. The van der Waals surface area contributed by atoms with E-state index in [4.69, 9.17) is 0 Å². The average Bonchev–Trinajstić information content (AvgIpc) is 3.03. The van der Waals surface area contributed by atoms with Crippen LogP contribution in [-0.4, -0.2) is 38.3 Å². The third-order valence-electron chi connectivity index (χ3n) is 4.97. The second-order valence-electron chi connectivity index (χ2n) is 6.73. The van der Waals surface area contributed by atoms with Gasteiger partial charge >= 0.3 is 0 Å². The number of rotatable bonds is 4. The number of aryl methyl sites for hydroxylation is 1. The molecule has 23 heavy (non-hydrogen) atoms. The van der Waals surface area contributed by atoms with Crippen molar-refractivity contribution in [2.45, 2.75) is 76.0 Å². The number of nitriles is 1. The zero-order chi connectivity index (χ0) is 16.3. The summed E-state index contributed by atoms with van der Waals surface area (Å²) in [5.74, 6) is 0.920. The van der Waals surface area contributed by atoms with E-state index in [0.717, 1.165) is 57.3 Å². The van der Waals surface area contributed by atoms with Crippen LogP contribution in [-0.2, 0) is 17.8 Å². The maximum atomic E-state index is 12.5. The molecule has 2 N–H and O–H groups in total. The van der Waals surface area contributed by atoms with E-state index in [1.165, 1.54) is 0 Å². The van der Waals surface area contributed by atoms with Crippen molar-refractivity contribution in [2.24, 2.45) is 0 Å². The van der Waals surface area contributed by atoms with Gasteiger partial charge in [0.15, 0.2) is 0 Å². The van der Waals surface area contributed by atoms with E-state index in [0.29, 0.717) is 0 Å². The fraction of sp³-hybridized carbons (Fsp3) is 0.750.